The number of nitrogens with zero attached hydrogens (tertiary/aromatic N) is 2. The molecule has 1 atom stereocenters. The van der Waals surface area contributed by atoms with E-state index < -0.39 is 12.0 Å². The molecule has 2 fully saturated rings. The molecule has 2 saturated heterocycles. The van der Waals surface area contributed by atoms with E-state index in [1.54, 1.807) is 29.2 Å². The average molecular weight is 319 g/mol. The van der Waals surface area contributed by atoms with E-state index in [0.717, 1.165) is 0 Å². The van der Waals surface area contributed by atoms with E-state index in [4.69, 9.17) is 4.74 Å². The number of amides is 3. The van der Waals surface area contributed by atoms with Gasteiger partial charge >= 0.3 is 12.0 Å². The zero-order valence-corrected chi connectivity index (χ0v) is 12.4. The molecule has 3 rings (SSSR count). The highest BCUT2D eigenvalue weighted by Crippen LogP contribution is 2.19. The van der Waals surface area contributed by atoms with Crippen molar-refractivity contribution in [2.75, 3.05) is 37.7 Å². The van der Waals surface area contributed by atoms with E-state index in [1.165, 1.54) is 4.90 Å². The minimum atomic E-state index is -1.08. The quantitative estimate of drug-likeness (QED) is 0.826. The molecule has 0 aromatic heterocycles. The standard InChI is InChI=1S/C15H17N3O5/c19-13(18-7-8-23-9-12(18)14(20)21)10-1-3-11(4-2-10)17-6-5-16-15(17)22/h1-4,12H,5-9H2,(H,16,22)(H,20,21). The summed E-state index contributed by atoms with van der Waals surface area (Å²) in [4.78, 5) is 38.3. The molecule has 0 spiro atoms. The minimum absolute atomic E-state index is 0.00684. The van der Waals surface area contributed by atoms with Crippen molar-refractivity contribution >= 4 is 23.6 Å². The number of aliphatic carboxylic acids is 1. The molecule has 122 valence electrons. The number of nitrogens with one attached hydrogen (secondary N) is 1. The second-order valence-electron chi connectivity index (χ2n) is 5.36. The van der Waals surface area contributed by atoms with Crippen LogP contribution in [0.1, 0.15) is 10.4 Å². The Morgan fingerprint density at radius 2 is 1.96 bits per heavy atom. The minimum Gasteiger partial charge on any atom is -0.480 e. The Morgan fingerprint density at radius 3 is 2.57 bits per heavy atom. The van der Waals surface area contributed by atoms with Crippen LogP contribution < -0.4 is 10.2 Å². The van der Waals surface area contributed by atoms with Crippen molar-refractivity contribution in [3.8, 4) is 0 Å². The third kappa shape index (κ3) is 2.98. The molecule has 2 heterocycles. The Labute approximate surface area is 132 Å². The number of urea groups is 1. The molecular weight excluding hydrogens is 302 g/mol. The van der Waals surface area contributed by atoms with Gasteiger partial charge in [0, 0.05) is 30.9 Å². The van der Waals surface area contributed by atoms with Gasteiger partial charge in [0.1, 0.15) is 0 Å². The molecule has 0 radical (unpaired) electrons. The molecule has 1 unspecified atom stereocenters. The van der Waals surface area contributed by atoms with Gasteiger partial charge in [0.2, 0.25) is 0 Å². The first kappa shape index (κ1) is 15.3. The van der Waals surface area contributed by atoms with Crippen LogP contribution in [0.3, 0.4) is 0 Å². The number of carbonyl (C=O) groups is 3. The van der Waals surface area contributed by atoms with Crippen LogP contribution in [0.5, 0.6) is 0 Å². The van der Waals surface area contributed by atoms with Gasteiger partial charge in [-0.05, 0) is 24.3 Å². The van der Waals surface area contributed by atoms with Crippen LogP contribution >= 0.6 is 0 Å². The lowest BCUT2D eigenvalue weighted by molar-refractivity contribution is -0.147. The van der Waals surface area contributed by atoms with E-state index in [2.05, 4.69) is 5.32 Å². The summed E-state index contributed by atoms with van der Waals surface area (Å²) in [5.41, 5.74) is 1.09. The Balaban J connectivity index is 1.77. The Morgan fingerprint density at radius 1 is 1.22 bits per heavy atom. The van der Waals surface area contributed by atoms with Gasteiger partial charge in [-0.2, -0.15) is 0 Å². The number of rotatable bonds is 3. The zero-order chi connectivity index (χ0) is 16.4. The molecule has 2 aliphatic rings. The number of benzene rings is 1. The number of hydrogen-bond acceptors (Lipinski definition) is 4. The van der Waals surface area contributed by atoms with Gasteiger partial charge < -0.3 is 20.1 Å². The molecule has 0 bridgehead atoms. The maximum absolute atomic E-state index is 12.5. The topological polar surface area (TPSA) is 99.2 Å². The van der Waals surface area contributed by atoms with Gasteiger partial charge in [0.05, 0.1) is 13.2 Å². The second kappa shape index (κ2) is 6.25. The fraction of sp³-hybridized carbons (Fsp3) is 0.400. The van der Waals surface area contributed by atoms with Gasteiger partial charge in [-0.3, -0.25) is 9.69 Å². The van der Waals surface area contributed by atoms with Crippen molar-refractivity contribution in [1.29, 1.82) is 0 Å². The number of ether oxygens (including phenoxy) is 1. The molecule has 1 aromatic rings. The van der Waals surface area contributed by atoms with Crippen LogP contribution in [0.4, 0.5) is 10.5 Å². The lowest BCUT2D eigenvalue weighted by Crippen LogP contribution is -2.52. The molecule has 1 aromatic carbocycles. The summed E-state index contributed by atoms with van der Waals surface area (Å²) in [5.74, 6) is -1.43. The fourth-order valence-electron chi connectivity index (χ4n) is 2.72. The normalized spacial score (nSPS) is 21.2. The number of anilines is 1. The summed E-state index contributed by atoms with van der Waals surface area (Å²) < 4.78 is 5.13. The summed E-state index contributed by atoms with van der Waals surface area (Å²) in [6.45, 7) is 1.73. The lowest BCUT2D eigenvalue weighted by Gasteiger charge is -2.33. The SMILES string of the molecule is O=C(O)C1COCCN1C(=O)c1ccc(N2CCNC2=O)cc1. The Bertz CT molecular complexity index is 631. The Hall–Kier alpha value is -2.61. The first-order valence-electron chi connectivity index (χ1n) is 7.35. The van der Waals surface area contributed by atoms with Crippen molar-refractivity contribution in [2.45, 2.75) is 6.04 Å². The maximum atomic E-state index is 12.5. The predicted molar refractivity (Wildman–Crippen MR) is 80.5 cm³/mol. The van der Waals surface area contributed by atoms with E-state index in [-0.39, 0.29) is 25.1 Å². The van der Waals surface area contributed by atoms with Crippen LogP contribution in [-0.2, 0) is 9.53 Å². The first-order valence-corrected chi connectivity index (χ1v) is 7.35. The second-order valence-corrected chi connectivity index (χ2v) is 5.36. The fourth-order valence-corrected chi connectivity index (χ4v) is 2.72. The lowest BCUT2D eigenvalue weighted by atomic mass is 10.1. The van der Waals surface area contributed by atoms with Gasteiger partial charge in [-0.25, -0.2) is 9.59 Å². The van der Waals surface area contributed by atoms with Crippen LogP contribution in [0.25, 0.3) is 0 Å². The molecule has 2 aliphatic heterocycles. The summed E-state index contributed by atoms with van der Waals surface area (Å²) in [6.07, 6.45) is 0. The molecule has 3 amide bonds. The average Bonchev–Trinajstić information content (AvgIpc) is 3.00. The third-order valence-corrected chi connectivity index (χ3v) is 3.96. The largest absolute Gasteiger partial charge is 0.480 e. The monoisotopic (exact) mass is 319 g/mol. The molecular formula is C15H17N3O5. The summed E-state index contributed by atoms with van der Waals surface area (Å²) in [5, 5.41) is 11.9. The molecule has 8 heteroatoms. The Kier molecular flexibility index (Phi) is 4.16. The van der Waals surface area contributed by atoms with E-state index >= 15 is 0 Å². The number of carboxylic acid groups (broad SMARTS) is 1. The van der Waals surface area contributed by atoms with Crippen LogP contribution in [0.15, 0.2) is 24.3 Å². The number of carbonyl (C=O) groups excluding carboxylic acids is 2. The van der Waals surface area contributed by atoms with E-state index in [9.17, 15) is 19.5 Å². The number of morpholine rings is 1. The van der Waals surface area contributed by atoms with Gasteiger partial charge in [-0.15, -0.1) is 0 Å². The van der Waals surface area contributed by atoms with E-state index in [0.29, 0.717) is 30.9 Å². The third-order valence-electron chi connectivity index (χ3n) is 3.96. The molecule has 23 heavy (non-hydrogen) atoms. The van der Waals surface area contributed by atoms with Crippen molar-refractivity contribution in [1.82, 2.24) is 10.2 Å². The molecule has 0 aliphatic carbocycles. The smallest absolute Gasteiger partial charge is 0.328 e. The van der Waals surface area contributed by atoms with Crippen molar-refractivity contribution in [2.24, 2.45) is 0 Å². The van der Waals surface area contributed by atoms with Crippen molar-refractivity contribution in [3.63, 3.8) is 0 Å². The molecule has 0 saturated carbocycles. The summed E-state index contributed by atoms with van der Waals surface area (Å²) >= 11 is 0. The van der Waals surface area contributed by atoms with Crippen LogP contribution in [0.2, 0.25) is 0 Å². The summed E-state index contributed by atoms with van der Waals surface area (Å²) in [6, 6.07) is 5.46. The van der Waals surface area contributed by atoms with Crippen molar-refractivity contribution < 1.29 is 24.2 Å². The predicted octanol–water partition coefficient (Wildman–Crippen LogP) is 0.142. The zero-order valence-electron chi connectivity index (χ0n) is 12.4. The van der Waals surface area contributed by atoms with Crippen molar-refractivity contribution in [3.05, 3.63) is 29.8 Å². The highest BCUT2D eigenvalue weighted by Gasteiger charge is 2.33. The van der Waals surface area contributed by atoms with Gasteiger partial charge in [0.25, 0.3) is 5.91 Å². The molecule has 8 nitrogen and oxygen atoms in total. The maximum Gasteiger partial charge on any atom is 0.328 e. The number of hydrogen-bond donors (Lipinski definition) is 2. The molecule has 2 N–H and O–H groups in total. The first-order chi connectivity index (χ1) is 11.1. The highest BCUT2D eigenvalue weighted by molar-refractivity contribution is 5.98. The van der Waals surface area contributed by atoms with Gasteiger partial charge in [0.15, 0.2) is 6.04 Å². The van der Waals surface area contributed by atoms with Gasteiger partial charge in [-0.1, -0.05) is 0 Å². The van der Waals surface area contributed by atoms with E-state index in [1.807, 2.05) is 0 Å². The van der Waals surface area contributed by atoms with Crippen LogP contribution in [0, 0.1) is 0 Å². The number of carboxylic acids is 1. The van der Waals surface area contributed by atoms with Crippen LogP contribution in [-0.4, -0.2) is 66.8 Å². The summed E-state index contributed by atoms with van der Waals surface area (Å²) in [7, 11) is 0. The highest BCUT2D eigenvalue weighted by atomic mass is 16.5.